The third-order valence-electron chi connectivity index (χ3n) is 3.66. The molecule has 1 N–H and O–H groups in total. The molecule has 0 aliphatic rings. The maximum absolute atomic E-state index is 13.6. The highest BCUT2D eigenvalue weighted by atomic mass is 19.1. The van der Waals surface area contributed by atoms with Gasteiger partial charge in [-0.1, -0.05) is 12.1 Å². The summed E-state index contributed by atoms with van der Waals surface area (Å²) in [5.41, 5.74) is 0.695. The molecule has 2 aromatic heterocycles. The minimum atomic E-state index is -0.632. The van der Waals surface area contributed by atoms with Crippen LogP contribution in [0.5, 0.6) is 5.88 Å². The van der Waals surface area contributed by atoms with Crippen LogP contribution in [0.4, 0.5) is 4.39 Å². The van der Waals surface area contributed by atoms with Crippen LogP contribution in [-0.2, 0) is 7.05 Å². The van der Waals surface area contributed by atoms with Gasteiger partial charge in [0, 0.05) is 25.5 Å². The number of aromatic nitrogens is 4. The zero-order chi connectivity index (χ0) is 17.8. The lowest BCUT2D eigenvalue weighted by molar-refractivity contribution is 0.0934. The number of nitrogens with one attached hydrogen (secondary N) is 1. The van der Waals surface area contributed by atoms with Crippen molar-refractivity contribution in [1.82, 2.24) is 25.1 Å². The number of hydrogen-bond acceptors (Lipinski definition) is 5. The van der Waals surface area contributed by atoms with E-state index in [9.17, 15) is 9.18 Å². The van der Waals surface area contributed by atoms with Gasteiger partial charge in [-0.15, -0.1) is 10.2 Å². The Morgan fingerprint density at radius 3 is 2.72 bits per heavy atom. The smallest absolute Gasteiger partial charge is 0.272 e. The van der Waals surface area contributed by atoms with E-state index in [1.807, 2.05) is 0 Å². The van der Waals surface area contributed by atoms with Gasteiger partial charge in [0.05, 0.1) is 7.11 Å². The second-order valence-electron chi connectivity index (χ2n) is 5.32. The van der Waals surface area contributed by atoms with Gasteiger partial charge >= 0.3 is 0 Å². The lowest BCUT2D eigenvalue weighted by atomic mass is 10.1. The van der Waals surface area contributed by atoms with Crippen molar-refractivity contribution in [3.8, 4) is 5.88 Å². The summed E-state index contributed by atoms with van der Waals surface area (Å²) in [5.74, 6) is 0.0327. The molecule has 7 nitrogen and oxygen atoms in total. The van der Waals surface area contributed by atoms with Crippen molar-refractivity contribution in [2.24, 2.45) is 7.05 Å². The second-order valence-corrected chi connectivity index (χ2v) is 5.32. The molecule has 0 spiro atoms. The first-order valence-corrected chi connectivity index (χ1v) is 7.49. The zero-order valence-electron chi connectivity index (χ0n) is 13.7. The van der Waals surface area contributed by atoms with E-state index in [0.717, 1.165) is 0 Å². The van der Waals surface area contributed by atoms with Gasteiger partial charge in [-0.25, -0.2) is 9.37 Å². The number of benzene rings is 1. The van der Waals surface area contributed by atoms with Crippen LogP contribution in [-0.4, -0.2) is 32.8 Å². The Morgan fingerprint density at radius 1 is 1.28 bits per heavy atom. The van der Waals surface area contributed by atoms with Gasteiger partial charge < -0.3 is 14.6 Å². The van der Waals surface area contributed by atoms with Crippen LogP contribution >= 0.6 is 0 Å². The molecule has 3 rings (SSSR count). The molecule has 128 valence electrons. The van der Waals surface area contributed by atoms with Crippen molar-refractivity contribution in [2.75, 3.05) is 7.11 Å². The second kappa shape index (κ2) is 7.08. The number of ether oxygens (including phenoxy) is 1. The molecule has 8 heteroatoms. The van der Waals surface area contributed by atoms with Crippen LogP contribution in [0.2, 0.25) is 0 Å². The topological polar surface area (TPSA) is 81.9 Å². The average molecular weight is 341 g/mol. The van der Waals surface area contributed by atoms with Crippen LogP contribution in [0.25, 0.3) is 0 Å². The van der Waals surface area contributed by atoms with Gasteiger partial charge in [0.15, 0.2) is 5.69 Å². The standard InChI is InChI=1S/C17H16FN5O2/c1-23-9-8-19-16(23)15(11-4-3-5-12(18)10-11)20-17(24)13-6-7-14(25-2)22-21-13/h3-10,15H,1-2H3,(H,20,24)/t15-/m0/s1. The molecule has 0 saturated carbocycles. The van der Waals surface area contributed by atoms with E-state index in [0.29, 0.717) is 17.3 Å². The first-order valence-electron chi connectivity index (χ1n) is 7.49. The fourth-order valence-electron chi connectivity index (χ4n) is 2.39. The lowest BCUT2D eigenvalue weighted by Gasteiger charge is -2.19. The summed E-state index contributed by atoms with van der Waals surface area (Å²) in [4.78, 5) is 16.8. The molecule has 2 heterocycles. The number of nitrogens with zero attached hydrogens (tertiary/aromatic N) is 4. The van der Waals surface area contributed by atoms with E-state index >= 15 is 0 Å². The van der Waals surface area contributed by atoms with E-state index in [2.05, 4.69) is 20.5 Å². The Bertz CT molecular complexity index is 879. The van der Waals surface area contributed by atoms with E-state index in [4.69, 9.17) is 4.74 Å². The quantitative estimate of drug-likeness (QED) is 0.766. The highest BCUT2D eigenvalue weighted by Crippen LogP contribution is 2.21. The minimum Gasteiger partial charge on any atom is -0.480 e. The minimum absolute atomic E-state index is 0.122. The van der Waals surface area contributed by atoms with Gasteiger partial charge in [-0.05, 0) is 23.8 Å². The fourth-order valence-corrected chi connectivity index (χ4v) is 2.39. The molecule has 0 aliphatic heterocycles. The fraction of sp³-hybridized carbons (Fsp3) is 0.176. The monoisotopic (exact) mass is 341 g/mol. The summed E-state index contributed by atoms with van der Waals surface area (Å²) in [6.45, 7) is 0. The summed E-state index contributed by atoms with van der Waals surface area (Å²) in [7, 11) is 3.26. The molecule has 0 aliphatic carbocycles. The number of carbonyl (C=O) groups is 1. The largest absolute Gasteiger partial charge is 0.480 e. The summed E-state index contributed by atoms with van der Waals surface area (Å²) >= 11 is 0. The molecule has 0 bridgehead atoms. The maximum Gasteiger partial charge on any atom is 0.272 e. The van der Waals surface area contributed by atoms with Gasteiger partial charge in [-0.2, -0.15) is 0 Å². The third-order valence-corrected chi connectivity index (χ3v) is 3.66. The Hall–Kier alpha value is -3.29. The molecule has 3 aromatic rings. The van der Waals surface area contributed by atoms with Crippen molar-refractivity contribution in [1.29, 1.82) is 0 Å². The van der Waals surface area contributed by atoms with Crippen LogP contribution in [0.15, 0.2) is 48.8 Å². The molecule has 0 unspecified atom stereocenters. The van der Waals surface area contributed by atoms with Crippen LogP contribution in [0.1, 0.15) is 27.9 Å². The van der Waals surface area contributed by atoms with Gasteiger partial charge in [0.2, 0.25) is 5.88 Å². The predicted octanol–water partition coefficient (Wildman–Crippen LogP) is 1.88. The summed E-state index contributed by atoms with van der Waals surface area (Å²) in [5, 5.41) is 10.4. The van der Waals surface area contributed by atoms with E-state index in [1.54, 1.807) is 42.2 Å². The Kier molecular flexibility index (Phi) is 4.69. The molecule has 1 aromatic carbocycles. The first kappa shape index (κ1) is 16.6. The number of halogens is 1. The lowest BCUT2D eigenvalue weighted by Crippen LogP contribution is -2.31. The summed E-state index contributed by atoms with van der Waals surface area (Å²) < 4.78 is 20.3. The molecular formula is C17H16FN5O2. The van der Waals surface area contributed by atoms with Crippen LogP contribution in [0, 0.1) is 5.82 Å². The van der Waals surface area contributed by atoms with Crippen molar-refractivity contribution in [3.63, 3.8) is 0 Å². The number of hydrogen-bond donors (Lipinski definition) is 1. The van der Waals surface area contributed by atoms with Crippen molar-refractivity contribution >= 4 is 5.91 Å². The maximum atomic E-state index is 13.6. The van der Waals surface area contributed by atoms with Crippen molar-refractivity contribution in [3.05, 3.63) is 71.7 Å². The SMILES string of the molecule is COc1ccc(C(=O)N[C@@H](c2cccc(F)c2)c2nccn2C)nn1. The van der Waals surface area contributed by atoms with E-state index < -0.39 is 17.8 Å². The molecule has 0 radical (unpaired) electrons. The zero-order valence-corrected chi connectivity index (χ0v) is 13.7. The van der Waals surface area contributed by atoms with Crippen molar-refractivity contribution in [2.45, 2.75) is 6.04 Å². The number of amides is 1. The molecule has 1 atom stereocenters. The van der Waals surface area contributed by atoms with Gasteiger partial charge in [-0.3, -0.25) is 4.79 Å². The number of aryl methyl sites for hydroxylation is 1. The number of carbonyl (C=O) groups excluding carboxylic acids is 1. The number of rotatable bonds is 5. The Labute approximate surface area is 143 Å². The Morgan fingerprint density at radius 2 is 2.12 bits per heavy atom. The molecule has 25 heavy (non-hydrogen) atoms. The molecule has 1 amide bonds. The number of imidazole rings is 1. The summed E-state index contributed by atoms with van der Waals surface area (Å²) in [6, 6.07) is 8.42. The Balaban J connectivity index is 1.92. The van der Waals surface area contributed by atoms with Crippen LogP contribution < -0.4 is 10.1 Å². The van der Waals surface area contributed by atoms with Gasteiger partial charge in [0.25, 0.3) is 5.91 Å². The highest BCUT2D eigenvalue weighted by molar-refractivity contribution is 5.92. The number of methoxy groups -OCH3 is 1. The highest BCUT2D eigenvalue weighted by Gasteiger charge is 2.22. The molecular weight excluding hydrogens is 325 g/mol. The van der Waals surface area contributed by atoms with E-state index in [1.165, 1.54) is 25.3 Å². The average Bonchev–Trinajstić information content (AvgIpc) is 3.05. The first-order chi connectivity index (χ1) is 12.1. The van der Waals surface area contributed by atoms with E-state index in [-0.39, 0.29) is 5.69 Å². The molecule has 0 saturated heterocycles. The summed E-state index contributed by atoms with van der Waals surface area (Å²) in [6.07, 6.45) is 3.36. The normalized spacial score (nSPS) is 11.8. The predicted molar refractivity (Wildman–Crippen MR) is 87.5 cm³/mol. The molecule has 0 fully saturated rings. The third kappa shape index (κ3) is 3.63. The van der Waals surface area contributed by atoms with Crippen molar-refractivity contribution < 1.29 is 13.9 Å². The van der Waals surface area contributed by atoms with Crippen LogP contribution in [0.3, 0.4) is 0 Å². The van der Waals surface area contributed by atoms with Gasteiger partial charge in [0.1, 0.15) is 17.7 Å².